The molecule has 12 nitrogen and oxygen atoms in total. The summed E-state index contributed by atoms with van der Waals surface area (Å²) in [5, 5.41) is 0. The molecule has 4 saturated heterocycles. The number of hydrogen-bond donors (Lipinski definition) is 0. The van der Waals surface area contributed by atoms with E-state index in [-0.39, 0.29) is 69.4 Å². The molecule has 0 aromatic rings. The maximum atomic E-state index is 12.7. The Hall–Kier alpha value is -1.87. The third-order valence-corrected chi connectivity index (χ3v) is 13.1. The fourth-order valence-electron chi connectivity index (χ4n) is 10.9. The monoisotopic (exact) mass is 1010 g/mol. The number of rotatable bonds is 9. The second-order valence-electron chi connectivity index (χ2n) is 24.6. The lowest BCUT2D eigenvalue weighted by Gasteiger charge is -2.47. The van der Waals surface area contributed by atoms with E-state index in [1.807, 2.05) is 51.3 Å². The molecule has 4 fully saturated rings. The Morgan fingerprint density at radius 3 is 1.32 bits per heavy atom. The highest BCUT2D eigenvalue weighted by Crippen LogP contribution is 2.45. The van der Waals surface area contributed by atoms with Crippen molar-refractivity contribution in [1.82, 2.24) is 9.80 Å². The summed E-state index contributed by atoms with van der Waals surface area (Å²) in [6, 6.07) is 0. The van der Waals surface area contributed by atoms with Gasteiger partial charge in [0, 0.05) is 30.6 Å². The van der Waals surface area contributed by atoms with E-state index in [1.165, 1.54) is 20.6 Å². The van der Waals surface area contributed by atoms with E-state index in [9.17, 15) is 19.2 Å². The van der Waals surface area contributed by atoms with Crippen LogP contribution in [0.1, 0.15) is 189 Å². The van der Waals surface area contributed by atoms with E-state index in [1.54, 1.807) is 0 Å². The van der Waals surface area contributed by atoms with Gasteiger partial charge in [0.05, 0.1) is 42.5 Å². The zero-order chi connectivity index (χ0) is 48.8. The maximum Gasteiger partial charge on any atom is 0.410 e. The first-order valence-corrected chi connectivity index (χ1v) is 25.0. The molecule has 4 aliphatic heterocycles. The van der Waals surface area contributed by atoms with Gasteiger partial charge in [0.15, 0.2) is 0 Å². The number of carbonyl (C=O) groups excluding carboxylic acids is 4. The SMILES string of the molecule is CC(C)(C)OC(=O)N1C[C@@H](CCI)CC1(C)C.COC(=O)C(CC[C@@H]1CN(C(=O)OC(C)(C)C)C(C)(C)C1)C1CC(C)(C)OC(C)(C)C1.COC(=O)CC1CC(C)(C)OC(C)(C)C1. The molecular weight excluding hydrogens is 915 g/mol. The number of nitrogens with zero attached hydrogens (tertiary/aromatic N) is 2. The van der Waals surface area contributed by atoms with Crippen LogP contribution in [0.15, 0.2) is 0 Å². The van der Waals surface area contributed by atoms with E-state index >= 15 is 0 Å². The first-order valence-electron chi connectivity index (χ1n) is 23.5. The van der Waals surface area contributed by atoms with Crippen molar-refractivity contribution < 1.29 is 47.6 Å². The van der Waals surface area contributed by atoms with Crippen molar-refractivity contribution in [3.8, 4) is 0 Å². The third kappa shape index (κ3) is 19.5. The summed E-state index contributed by atoms with van der Waals surface area (Å²) in [5.74, 6) is 1.17. The molecule has 4 aliphatic rings. The van der Waals surface area contributed by atoms with E-state index in [2.05, 4.69) is 106 Å². The van der Waals surface area contributed by atoms with Crippen molar-refractivity contribution >= 4 is 46.7 Å². The third-order valence-electron chi connectivity index (χ3n) is 12.5. The molecule has 0 aromatic carbocycles. The molecule has 0 aromatic heterocycles. The molecule has 0 spiro atoms. The van der Waals surface area contributed by atoms with Gasteiger partial charge in [0.1, 0.15) is 11.2 Å². The second-order valence-corrected chi connectivity index (χ2v) is 25.7. The summed E-state index contributed by atoms with van der Waals surface area (Å²) in [6.45, 7) is 38.1. The van der Waals surface area contributed by atoms with E-state index in [0.29, 0.717) is 30.7 Å². The van der Waals surface area contributed by atoms with Crippen LogP contribution in [0.2, 0.25) is 0 Å². The van der Waals surface area contributed by atoms with Crippen LogP contribution in [0.25, 0.3) is 0 Å². The molecule has 3 atom stereocenters. The molecule has 368 valence electrons. The van der Waals surface area contributed by atoms with Gasteiger partial charge in [-0.25, -0.2) is 9.59 Å². The number of alkyl halides is 1. The fraction of sp³-hybridized carbons (Fsp3) is 0.920. The molecule has 4 rings (SSSR count). The molecule has 63 heavy (non-hydrogen) atoms. The largest absolute Gasteiger partial charge is 0.469 e. The minimum atomic E-state index is -0.510. The maximum absolute atomic E-state index is 12.7. The van der Waals surface area contributed by atoms with Crippen LogP contribution < -0.4 is 0 Å². The van der Waals surface area contributed by atoms with E-state index in [0.717, 1.165) is 62.3 Å². The minimum Gasteiger partial charge on any atom is -0.469 e. The normalized spacial score (nSPS) is 25.3. The van der Waals surface area contributed by atoms with Crippen molar-refractivity contribution in [2.75, 3.05) is 31.7 Å². The highest BCUT2D eigenvalue weighted by Gasteiger charge is 2.47. The molecular formula is C50H91IN2O10. The number of halogens is 1. The van der Waals surface area contributed by atoms with Gasteiger partial charge in [-0.2, -0.15) is 0 Å². The average Bonchev–Trinajstić information content (AvgIpc) is 3.54. The number of hydrogen-bond acceptors (Lipinski definition) is 10. The van der Waals surface area contributed by atoms with Gasteiger partial charge in [0.25, 0.3) is 0 Å². The van der Waals surface area contributed by atoms with Gasteiger partial charge >= 0.3 is 24.1 Å². The van der Waals surface area contributed by atoms with Crippen molar-refractivity contribution in [2.45, 2.75) is 234 Å². The second kappa shape index (κ2) is 21.8. The van der Waals surface area contributed by atoms with Crippen LogP contribution in [0.4, 0.5) is 9.59 Å². The smallest absolute Gasteiger partial charge is 0.410 e. The molecule has 1 unspecified atom stereocenters. The first kappa shape index (κ1) is 57.3. The lowest BCUT2D eigenvalue weighted by atomic mass is 9.72. The minimum absolute atomic E-state index is 0.0706. The predicted molar refractivity (Wildman–Crippen MR) is 259 cm³/mol. The number of likely N-dealkylation sites (tertiary alicyclic amines) is 2. The zero-order valence-corrected chi connectivity index (χ0v) is 45.6. The van der Waals surface area contributed by atoms with Gasteiger partial charge in [-0.1, -0.05) is 22.6 Å². The molecule has 13 heteroatoms. The molecule has 0 bridgehead atoms. The topological polar surface area (TPSA) is 130 Å². The van der Waals surface area contributed by atoms with Crippen LogP contribution in [0.3, 0.4) is 0 Å². The summed E-state index contributed by atoms with van der Waals surface area (Å²) in [7, 11) is 2.92. The number of ether oxygens (including phenoxy) is 6. The van der Waals surface area contributed by atoms with Gasteiger partial charge in [-0.05, 0) is 211 Å². The van der Waals surface area contributed by atoms with Crippen LogP contribution in [0, 0.1) is 29.6 Å². The Labute approximate surface area is 397 Å². The highest BCUT2D eigenvalue weighted by molar-refractivity contribution is 14.1. The Balaban J connectivity index is 0.000000359. The van der Waals surface area contributed by atoms with Crippen molar-refractivity contribution in [3.05, 3.63) is 0 Å². The predicted octanol–water partition coefficient (Wildman–Crippen LogP) is 12.0. The van der Waals surface area contributed by atoms with Crippen LogP contribution in [0.5, 0.6) is 0 Å². The molecule has 0 aliphatic carbocycles. The number of methoxy groups -OCH3 is 2. The Morgan fingerprint density at radius 1 is 0.587 bits per heavy atom. The molecule has 2 amide bonds. The number of amides is 2. The van der Waals surface area contributed by atoms with Gasteiger partial charge in [-0.15, -0.1) is 0 Å². The van der Waals surface area contributed by atoms with Gasteiger partial charge in [-0.3, -0.25) is 9.59 Å². The van der Waals surface area contributed by atoms with Crippen LogP contribution in [-0.2, 0) is 38.0 Å². The zero-order valence-electron chi connectivity index (χ0n) is 43.4. The Kier molecular flexibility index (Phi) is 19.8. The fourth-order valence-corrected chi connectivity index (χ4v) is 11.8. The van der Waals surface area contributed by atoms with Gasteiger partial charge < -0.3 is 38.2 Å². The first-order chi connectivity index (χ1) is 28.3. The van der Waals surface area contributed by atoms with Crippen molar-refractivity contribution in [1.29, 1.82) is 0 Å². The summed E-state index contributed by atoms with van der Waals surface area (Å²) < 4.78 is 34.4. The summed E-state index contributed by atoms with van der Waals surface area (Å²) >= 11 is 2.40. The lowest BCUT2D eigenvalue weighted by molar-refractivity contribution is -0.185. The quantitative estimate of drug-likeness (QED) is 0.0952. The van der Waals surface area contributed by atoms with Gasteiger partial charge in [0.2, 0.25) is 0 Å². The van der Waals surface area contributed by atoms with Crippen LogP contribution >= 0.6 is 22.6 Å². The standard InChI is InChI=1S/C25H45NO5.C13H24INO2.C12H22O3/c1-22(2,3)30-21(28)26-16-17(13-23(26,4)5)11-12-19(20(27)29-10)18-14-24(6,7)31-25(8,9)15-18;1-12(2,3)17-11(16)15-9-10(6-7-14)8-13(15,4)5;1-11(2)7-9(6-10(13)14-5)8-12(3,4)15-11/h17-19H,11-16H2,1-10H3;10H,6-9H2,1-5H3;9H,6-8H2,1-5H3/t17-,19?;10-;/m00./s1. The summed E-state index contributed by atoms with van der Waals surface area (Å²) in [5.41, 5.74) is -2.04. The number of carbonyl (C=O) groups is 4. The van der Waals surface area contributed by atoms with Crippen molar-refractivity contribution in [2.24, 2.45) is 29.6 Å². The molecule has 0 N–H and O–H groups in total. The summed E-state index contributed by atoms with van der Waals surface area (Å²) in [4.78, 5) is 52.6. The molecule has 4 heterocycles. The highest BCUT2D eigenvalue weighted by atomic mass is 127. The Morgan fingerprint density at radius 2 is 0.968 bits per heavy atom. The van der Waals surface area contributed by atoms with Crippen molar-refractivity contribution in [3.63, 3.8) is 0 Å². The van der Waals surface area contributed by atoms with E-state index in [4.69, 9.17) is 28.4 Å². The molecule has 0 saturated carbocycles. The van der Waals surface area contributed by atoms with E-state index < -0.39 is 11.2 Å². The summed E-state index contributed by atoms with van der Waals surface area (Å²) in [6.07, 6.45) is 8.45. The number of esters is 2. The molecule has 0 radical (unpaired) electrons. The lowest BCUT2D eigenvalue weighted by Crippen LogP contribution is -2.48. The van der Waals surface area contributed by atoms with Crippen LogP contribution in [-0.4, -0.2) is 110 Å². The Bertz CT molecular complexity index is 1490. The average molecular weight is 1010 g/mol.